The van der Waals surface area contributed by atoms with Gasteiger partial charge in [-0.3, -0.25) is 4.79 Å². The third-order valence-electron chi connectivity index (χ3n) is 5.59. The number of rotatable bonds is 4. The molecule has 29 heavy (non-hydrogen) atoms. The van der Waals surface area contributed by atoms with Gasteiger partial charge in [-0.05, 0) is 41.3 Å². The Kier molecular flexibility index (Phi) is 4.60. The summed E-state index contributed by atoms with van der Waals surface area (Å²) >= 11 is 0. The van der Waals surface area contributed by atoms with Crippen LogP contribution in [0.25, 0.3) is 22.4 Å². The van der Waals surface area contributed by atoms with Crippen molar-refractivity contribution in [3.63, 3.8) is 0 Å². The predicted molar refractivity (Wildman–Crippen MR) is 108 cm³/mol. The molecule has 5 rings (SSSR count). The quantitative estimate of drug-likeness (QED) is 0.518. The summed E-state index contributed by atoms with van der Waals surface area (Å²) in [5, 5.41) is 10.6. The molecule has 0 N–H and O–H groups in total. The van der Waals surface area contributed by atoms with E-state index in [1.807, 2.05) is 29.2 Å². The topological polar surface area (TPSA) is 72.4 Å². The van der Waals surface area contributed by atoms with Crippen molar-refractivity contribution in [2.45, 2.75) is 25.2 Å². The Morgan fingerprint density at radius 1 is 1.00 bits per heavy atom. The molecule has 1 aliphatic heterocycles. The Morgan fingerprint density at radius 2 is 1.83 bits per heavy atom. The SMILES string of the molecule is O=C(Cc1cccc2ccccc12)N1CCC(c2nnc(-c3ccco3)o2)CC1. The van der Waals surface area contributed by atoms with Crippen LogP contribution in [0.15, 0.2) is 69.7 Å². The molecule has 0 unspecified atom stereocenters. The summed E-state index contributed by atoms with van der Waals surface area (Å²) in [6.07, 6.45) is 3.65. The Labute approximate surface area is 168 Å². The first-order valence-corrected chi connectivity index (χ1v) is 9.89. The molecule has 6 heteroatoms. The highest BCUT2D eigenvalue weighted by Gasteiger charge is 2.28. The van der Waals surface area contributed by atoms with Crippen LogP contribution in [0, 0.1) is 0 Å². The lowest BCUT2D eigenvalue weighted by Gasteiger charge is -2.30. The molecule has 1 saturated heterocycles. The molecule has 6 nitrogen and oxygen atoms in total. The summed E-state index contributed by atoms with van der Waals surface area (Å²) in [4.78, 5) is 14.8. The number of nitrogens with zero attached hydrogens (tertiary/aromatic N) is 3. The predicted octanol–water partition coefficient (Wildman–Crippen LogP) is 4.43. The zero-order valence-electron chi connectivity index (χ0n) is 16.0. The first-order valence-electron chi connectivity index (χ1n) is 9.89. The highest BCUT2D eigenvalue weighted by Crippen LogP contribution is 2.30. The van der Waals surface area contributed by atoms with E-state index in [2.05, 4.69) is 28.4 Å². The lowest BCUT2D eigenvalue weighted by molar-refractivity contribution is -0.131. The second-order valence-electron chi connectivity index (χ2n) is 7.39. The normalized spacial score (nSPS) is 15.1. The van der Waals surface area contributed by atoms with Gasteiger partial charge in [-0.1, -0.05) is 42.5 Å². The molecular formula is C23H21N3O3. The lowest BCUT2D eigenvalue weighted by atomic mass is 9.96. The van der Waals surface area contributed by atoms with Gasteiger partial charge in [0.15, 0.2) is 5.76 Å². The third kappa shape index (κ3) is 3.53. The van der Waals surface area contributed by atoms with Gasteiger partial charge < -0.3 is 13.7 Å². The number of benzene rings is 2. The van der Waals surface area contributed by atoms with Gasteiger partial charge in [0.2, 0.25) is 11.8 Å². The van der Waals surface area contributed by atoms with Crippen LogP contribution in [0.1, 0.15) is 30.2 Å². The first-order chi connectivity index (χ1) is 14.3. The molecule has 0 aliphatic carbocycles. The maximum Gasteiger partial charge on any atom is 0.283 e. The Bertz CT molecular complexity index is 1120. The minimum Gasteiger partial charge on any atom is -0.459 e. The minimum absolute atomic E-state index is 0.168. The van der Waals surface area contributed by atoms with Crippen LogP contribution in [0.3, 0.4) is 0 Å². The van der Waals surface area contributed by atoms with Crippen molar-refractivity contribution in [2.75, 3.05) is 13.1 Å². The largest absolute Gasteiger partial charge is 0.459 e. The monoisotopic (exact) mass is 387 g/mol. The molecule has 0 radical (unpaired) electrons. The maximum absolute atomic E-state index is 12.9. The fourth-order valence-corrected chi connectivity index (χ4v) is 4.00. The zero-order valence-corrected chi connectivity index (χ0v) is 16.0. The lowest BCUT2D eigenvalue weighted by Crippen LogP contribution is -2.38. The van der Waals surface area contributed by atoms with E-state index >= 15 is 0 Å². The highest BCUT2D eigenvalue weighted by molar-refractivity contribution is 5.90. The molecule has 0 saturated carbocycles. The highest BCUT2D eigenvalue weighted by atomic mass is 16.4. The van der Waals surface area contributed by atoms with Crippen molar-refractivity contribution in [1.29, 1.82) is 0 Å². The second-order valence-corrected chi connectivity index (χ2v) is 7.39. The minimum atomic E-state index is 0.168. The number of likely N-dealkylation sites (tertiary alicyclic amines) is 1. The summed E-state index contributed by atoms with van der Waals surface area (Å²) in [5.74, 6) is 1.94. The average molecular weight is 387 g/mol. The summed E-state index contributed by atoms with van der Waals surface area (Å²) in [7, 11) is 0. The number of fused-ring (bicyclic) bond motifs is 1. The van der Waals surface area contributed by atoms with Crippen molar-refractivity contribution in [1.82, 2.24) is 15.1 Å². The molecule has 2 aromatic carbocycles. The van der Waals surface area contributed by atoms with Crippen LogP contribution >= 0.6 is 0 Å². The van der Waals surface area contributed by atoms with Crippen molar-refractivity contribution in [3.05, 3.63) is 72.3 Å². The standard InChI is InChI=1S/C23H21N3O3/c27-21(15-18-7-3-6-16-5-1-2-8-19(16)18)26-12-10-17(11-13-26)22-24-25-23(29-22)20-9-4-14-28-20/h1-9,14,17H,10-13,15H2. The first kappa shape index (κ1) is 17.7. The number of hydrogen-bond donors (Lipinski definition) is 0. The molecule has 1 amide bonds. The van der Waals surface area contributed by atoms with Crippen molar-refractivity contribution in [2.24, 2.45) is 0 Å². The maximum atomic E-state index is 12.9. The van der Waals surface area contributed by atoms with Gasteiger partial charge in [-0.2, -0.15) is 0 Å². The number of hydrogen-bond acceptors (Lipinski definition) is 5. The van der Waals surface area contributed by atoms with Gasteiger partial charge in [0.1, 0.15) is 0 Å². The van der Waals surface area contributed by atoms with E-state index in [-0.39, 0.29) is 11.8 Å². The van der Waals surface area contributed by atoms with E-state index in [0.717, 1.165) is 23.8 Å². The molecule has 0 atom stereocenters. The van der Waals surface area contributed by atoms with Gasteiger partial charge in [0.25, 0.3) is 5.89 Å². The van der Waals surface area contributed by atoms with Crippen molar-refractivity contribution in [3.8, 4) is 11.7 Å². The van der Waals surface area contributed by atoms with Crippen LogP contribution in [0.2, 0.25) is 0 Å². The van der Waals surface area contributed by atoms with E-state index in [1.165, 1.54) is 5.39 Å². The third-order valence-corrected chi connectivity index (χ3v) is 5.59. The molecule has 0 spiro atoms. The van der Waals surface area contributed by atoms with E-state index in [0.29, 0.717) is 37.1 Å². The van der Waals surface area contributed by atoms with Crippen LogP contribution in [0.4, 0.5) is 0 Å². The number of aromatic nitrogens is 2. The summed E-state index contributed by atoms with van der Waals surface area (Å²) in [6, 6.07) is 17.9. The molecule has 3 heterocycles. The van der Waals surface area contributed by atoms with Crippen LogP contribution < -0.4 is 0 Å². The van der Waals surface area contributed by atoms with Crippen molar-refractivity contribution < 1.29 is 13.6 Å². The van der Waals surface area contributed by atoms with Crippen molar-refractivity contribution >= 4 is 16.7 Å². The Hall–Kier alpha value is -3.41. The molecule has 146 valence electrons. The summed E-state index contributed by atoms with van der Waals surface area (Å²) < 4.78 is 11.1. The van der Waals surface area contributed by atoms with Gasteiger partial charge in [-0.15, -0.1) is 10.2 Å². The molecule has 2 aromatic heterocycles. The van der Waals surface area contributed by atoms with E-state index in [4.69, 9.17) is 8.83 Å². The van der Waals surface area contributed by atoms with Gasteiger partial charge in [-0.25, -0.2) is 0 Å². The molecule has 1 aliphatic rings. The van der Waals surface area contributed by atoms with Crippen LogP contribution in [-0.2, 0) is 11.2 Å². The average Bonchev–Trinajstić information content (AvgIpc) is 3.46. The fourth-order valence-electron chi connectivity index (χ4n) is 4.00. The number of carbonyl (C=O) groups excluding carboxylic acids is 1. The number of furan rings is 1. The molecule has 1 fully saturated rings. The number of piperidine rings is 1. The number of carbonyl (C=O) groups is 1. The molecule has 0 bridgehead atoms. The Morgan fingerprint density at radius 3 is 2.66 bits per heavy atom. The van der Waals surface area contributed by atoms with Gasteiger partial charge in [0.05, 0.1) is 12.7 Å². The van der Waals surface area contributed by atoms with Gasteiger partial charge >= 0.3 is 0 Å². The van der Waals surface area contributed by atoms with Gasteiger partial charge in [0, 0.05) is 19.0 Å². The molecular weight excluding hydrogens is 366 g/mol. The second kappa shape index (κ2) is 7.54. The van der Waals surface area contributed by atoms with E-state index in [9.17, 15) is 4.79 Å². The summed E-state index contributed by atoms with van der Waals surface area (Å²) in [5.41, 5.74) is 1.08. The smallest absolute Gasteiger partial charge is 0.283 e. The van der Waals surface area contributed by atoms with E-state index in [1.54, 1.807) is 18.4 Å². The van der Waals surface area contributed by atoms with E-state index < -0.39 is 0 Å². The zero-order chi connectivity index (χ0) is 19.6. The molecule has 4 aromatic rings. The van der Waals surface area contributed by atoms with Crippen LogP contribution in [0.5, 0.6) is 0 Å². The van der Waals surface area contributed by atoms with Crippen LogP contribution in [-0.4, -0.2) is 34.1 Å². The summed E-state index contributed by atoms with van der Waals surface area (Å²) in [6.45, 7) is 1.40. The Balaban J connectivity index is 1.23. The number of amides is 1. The fraction of sp³-hybridized carbons (Fsp3) is 0.261.